The molecule has 1 fully saturated rings. The summed E-state index contributed by atoms with van der Waals surface area (Å²) < 4.78 is 39.2. The lowest BCUT2D eigenvalue weighted by molar-refractivity contribution is 0.361. The van der Waals surface area contributed by atoms with Gasteiger partial charge >= 0.3 is 0 Å². The number of pyridine rings is 1. The maximum Gasteiger partial charge on any atom is 0.246 e. The monoisotopic (exact) mass is 460 g/mol. The molecule has 1 aliphatic heterocycles. The van der Waals surface area contributed by atoms with Gasteiger partial charge in [0, 0.05) is 28.8 Å². The summed E-state index contributed by atoms with van der Waals surface area (Å²) in [5.41, 5.74) is 0.799. The molecule has 0 radical (unpaired) electrons. The maximum atomic E-state index is 13.2. The molecule has 9 heteroatoms. The van der Waals surface area contributed by atoms with E-state index in [1.807, 2.05) is 6.07 Å². The van der Waals surface area contributed by atoms with Crippen LogP contribution in [0.3, 0.4) is 0 Å². The van der Waals surface area contributed by atoms with Crippen molar-refractivity contribution in [1.29, 1.82) is 0 Å². The Kier molecular flexibility index (Phi) is 5.76. The fourth-order valence-electron chi connectivity index (χ4n) is 3.14. The molecular formula is C17H18BrClN2O4S. The summed E-state index contributed by atoms with van der Waals surface area (Å²) in [6.07, 6.45) is 2.91. The molecule has 1 unspecified atom stereocenters. The molecule has 0 spiro atoms. The molecule has 0 aliphatic carbocycles. The van der Waals surface area contributed by atoms with Crippen molar-refractivity contribution in [2.75, 3.05) is 20.8 Å². The number of sulfonamides is 1. The van der Waals surface area contributed by atoms with Gasteiger partial charge in [-0.2, -0.15) is 4.31 Å². The van der Waals surface area contributed by atoms with Crippen molar-refractivity contribution in [2.45, 2.75) is 23.8 Å². The first-order valence-electron chi connectivity index (χ1n) is 7.93. The van der Waals surface area contributed by atoms with E-state index in [1.54, 1.807) is 26.4 Å². The molecule has 140 valence electrons. The van der Waals surface area contributed by atoms with E-state index >= 15 is 0 Å². The summed E-state index contributed by atoms with van der Waals surface area (Å²) in [4.78, 5) is 3.94. The molecule has 1 atom stereocenters. The van der Waals surface area contributed by atoms with Crippen molar-refractivity contribution in [3.8, 4) is 11.5 Å². The van der Waals surface area contributed by atoms with Crippen LogP contribution in [0.25, 0.3) is 0 Å². The second-order valence-corrected chi connectivity index (χ2v) is 8.96. The van der Waals surface area contributed by atoms with E-state index in [0.717, 1.165) is 12.0 Å². The summed E-state index contributed by atoms with van der Waals surface area (Å²) >= 11 is 9.33. The normalized spacial score (nSPS) is 18.1. The molecule has 2 aromatic rings. The van der Waals surface area contributed by atoms with E-state index in [4.69, 9.17) is 21.1 Å². The number of rotatable bonds is 5. The van der Waals surface area contributed by atoms with Crippen molar-refractivity contribution in [1.82, 2.24) is 9.29 Å². The zero-order valence-corrected chi connectivity index (χ0v) is 17.4. The molecule has 1 aromatic carbocycles. The highest BCUT2D eigenvalue weighted by Crippen LogP contribution is 2.42. The number of methoxy groups -OCH3 is 2. The first-order valence-corrected chi connectivity index (χ1v) is 10.5. The van der Waals surface area contributed by atoms with Gasteiger partial charge in [0.1, 0.15) is 21.5 Å². The summed E-state index contributed by atoms with van der Waals surface area (Å²) in [6.45, 7) is 0.408. The Bertz CT molecular complexity index is 923. The third-order valence-electron chi connectivity index (χ3n) is 4.36. The first-order chi connectivity index (χ1) is 12.4. The number of benzene rings is 1. The number of nitrogens with zero attached hydrogens (tertiary/aromatic N) is 2. The second kappa shape index (κ2) is 7.72. The quantitative estimate of drug-likeness (QED) is 0.629. The molecule has 26 heavy (non-hydrogen) atoms. The van der Waals surface area contributed by atoms with Crippen LogP contribution >= 0.6 is 27.5 Å². The lowest BCUT2D eigenvalue weighted by Gasteiger charge is -2.26. The summed E-state index contributed by atoms with van der Waals surface area (Å²) in [7, 11) is -0.679. The topological polar surface area (TPSA) is 68.7 Å². The molecule has 0 saturated carbocycles. The van der Waals surface area contributed by atoms with Crippen molar-refractivity contribution < 1.29 is 17.9 Å². The van der Waals surface area contributed by atoms with Gasteiger partial charge in [-0.05, 0) is 40.9 Å². The molecule has 0 N–H and O–H groups in total. The van der Waals surface area contributed by atoms with Gasteiger partial charge < -0.3 is 9.47 Å². The van der Waals surface area contributed by atoms with E-state index in [2.05, 4.69) is 20.9 Å². The number of halogens is 2. The van der Waals surface area contributed by atoms with Crippen LogP contribution < -0.4 is 9.47 Å². The van der Waals surface area contributed by atoms with Crippen LogP contribution in [0.15, 0.2) is 39.8 Å². The lowest BCUT2D eigenvalue weighted by atomic mass is 10.0. The minimum absolute atomic E-state index is 0.00656. The Morgan fingerprint density at radius 1 is 1.27 bits per heavy atom. The van der Waals surface area contributed by atoms with Crippen molar-refractivity contribution in [3.63, 3.8) is 0 Å². The fourth-order valence-corrected chi connectivity index (χ4v) is 5.74. The third-order valence-corrected chi connectivity index (χ3v) is 7.13. The highest BCUT2D eigenvalue weighted by molar-refractivity contribution is 9.10. The smallest absolute Gasteiger partial charge is 0.246 e. The molecule has 6 nitrogen and oxygen atoms in total. The molecule has 3 rings (SSSR count). The molecule has 0 bridgehead atoms. The molecule has 1 saturated heterocycles. The average Bonchev–Trinajstić information content (AvgIpc) is 3.13. The zero-order chi connectivity index (χ0) is 18.9. The Morgan fingerprint density at radius 3 is 2.73 bits per heavy atom. The van der Waals surface area contributed by atoms with Gasteiger partial charge in [0.25, 0.3) is 0 Å². The number of hydrogen-bond donors (Lipinski definition) is 0. The predicted octanol–water partition coefficient (Wildman–Crippen LogP) is 4.04. The molecular weight excluding hydrogens is 444 g/mol. The van der Waals surface area contributed by atoms with Gasteiger partial charge in [0.05, 0.1) is 20.3 Å². The Hall–Kier alpha value is -1.35. The standard InChI is InChI=1S/C17H18BrClN2O4S/c1-24-12-5-6-13(15(9-12)25-2)14-4-3-7-21(14)26(22,23)16-8-11(18)10-20-17(16)19/h5-6,8-10,14H,3-4,7H2,1-2H3. The average molecular weight is 462 g/mol. The number of hydrogen-bond acceptors (Lipinski definition) is 5. The maximum absolute atomic E-state index is 13.2. The number of ether oxygens (including phenoxy) is 2. The van der Waals surface area contributed by atoms with E-state index in [1.165, 1.54) is 16.6 Å². The van der Waals surface area contributed by atoms with Crippen LogP contribution in [0.2, 0.25) is 5.15 Å². The van der Waals surface area contributed by atoms with Crippen molar-refractivity contribution >= 4 is 37.6 Å². The van der Waals surface area contributed by atoms with E-state index in [9.17, 15) is 8.42 Å². The van der Waals surface area contributed by atoms with E-state index in [-0.39, 0.29) is 16.1 Å². The largest absolute Gasteiger partial charge is 0.497 e. The van der Waals surface area contributed by atoms with Gasteiger partial charge in [-0.25, -0.2) is 13.4 Å². The minimum atomic E-state index is -3.81. The van der Waals surface area contributed by atoms with Crippen molar-refractivity contribution in [3.05, 3.63) is 45.7 Å². The van der Waals surface area contributed by atoms with E-state index in [0.29, 0.717) is 28.9 Å². The predicted molar refractivity (Wildman–Crippen MR) is 102 cm³/mol. The number of aromatic nitrogens is 1. The molecule has 1 aromatic heterocycles. The Labute approximate surface area is 166 Å². The molecule has 1 aliphatic rings. The zero-order valence-electron chi connectivity index (χ0n) is 14.3. The van der Waals surface area contributed by atoms with Crippen LogP contribution in [0, 0.1) is 0 Å². The van der Waals surface area contributed by atoms with E-state index < -0.39 is 10.0 Å². The second-order valence-electron chi connectivity index (χ2n) is 5.82. The first kappa shape index (κ1) is 19.4. The molecule has 2 heterocycles. The van der Waals surface area contributed by atoms with Crippen LogP contribution in [0.5, 0.6) is 11.5 Å². The van der Waals surface area contributed by atoms with Gasteiger partial charge in [-0.15, -0.1) is 0 Å². The van der Waals surface area contributed by atoms with Gasteiger partial charge in [-0.1, -0.05) is 17.7 Å². The van der Waals surface area contributed by atoms with Crippen LogP contribution in [-0.2, 0) is 10.0 Å². The summed E-state index contributed by atoms with van der Waals surface area (Å²) in [6, 6.07) is 6.54. The third kappa shape index (κ3) is 3.55. The highest BCUT2D eigenvalue weighted by Gasteiger charge is 2.38. The van der Waals surface area contributed by atoms with Crippen molar-refractivity contribution in [2.24, 2.45) is 0 Å². The van der Waals surface area contributed by atoms with Gasteiger partial charge in [0.15, 0.2) is 0 Å². The highest BCUT2D eigenvalue weighted by atomic mass is 79.9. The Morgan fingerprint density at radius 2 is 2.04 bits per heavy atom. The minimum Gasteiger partial charge on any atom is -0.497 e. The molecule has 0 amide bonds. The Balaban J connectivity index is 2.04. The van der Waals surface area contributed by atoms with Gasteiger partial charge in [0.2, 0.25) is 10.0 Å². The van der Waals surface area contributed by atoms with Crippen LogP contribution in [0.1, 0.15) is 24.4 Å². The van der Waals surface area contributed by atoms with Crippen LogP contribution in [-0.4, -0.2) is 38.5 Å². The SMILES string of the molecule is COc1ccc(C2CCCN2S(=O)(=O)c2cc(Br)cnc2Cl)c(OC)c1. The lowest BCUT2D eigenvalue weighted by Crippen LogP contribution is -2.31. The summed E-state index contributed by atoms with van der Waals surface area (Å²) in [5, 5.41) is -0.0412. The summed E-state index contributed by atoms with van der Waals surface area (Å²) in [5.74, 6) is 1.24. The fraction of sp³-hybridized carbons (Fsp3) is 0.353. The van der Waals surface area contributed by atoms with Gasteiger partial charge in [-0.3, -0.25) is 0 Å². The van der Waals surface area contributed by atoms with Crippen LogP contribution in [0.4, 0.5) is 0 Å².